The number of likely N-dealkylation sites (tertiary alicyclic amines) is 2. The summed E-state index contributed by atoms with van der Waals surface area (Å²) >= 11 is 0. The summed E-state index contributed by atoms with van der Waals surface area (Å²) < 4.78 is 38.1. The van der Waals surface area contributed by atoms with Crippen molar-refractivity contribution in [3.05, 3.63) is 65.2 Å². The number of amides is 3. The number of benzene rings is 2. The molecule has 2 aliphatic rings. The van der Waals surface area contributed by atoms with Crippen LogP contribution in [0.5, 0.6) is 0 Å². The molecule has 2 aromatic rings. The van der Waals surface area contributed by atoms with Crippen molar-refractivity contribution in [2.24, 2.45) is 5.41 Å². The molecule has 3 amide bonds. The Bertz CT molecular complexity index is 1080. The van der Waals surface area contributed by atoms with Gasteiger partial charge in [0.2, 0.25) is 0 Å². The number of nitrogens with one attached hydrogen (secondary N) is 1. The van der Waals surface area contributed by atoms with Crippen molar-refractivity contribution in [3.8, 4) is 6.07 Å². The molecule has 33 heavy (non-hydrogen) atoms. The maximum atomic E-state index is 12.9. The standard InChI is InChI=1S/C24H23F3N4O2/c25-24(26,27)18-5-7-19(8-6-18)29-22(33)31-14-11-23(16-31)9-12-30(13-10-23)21(32)20-4-2-1-3-17(20)15-28/h1-8H,9-14,16H2,(H,29,33). The zero-order chi connectivity index (χ0) is 23.6. The smallest absolute Gasteiger partial charge is 0.339 e. The molecule has 172 valence electrons. The van der Waals surface area contributed by atoms with E-state index in [1.807, 2.05) is 0 Å². The monoisotopic (exact) mass is 456 g/mol. The molecule has 4 rings (SSSR count). The van der Waals surface area contributed by atoms with Gasteiger partial charge in [-0.15, -0.1) is 0 Å². The van der Waals surface area contributed by atoms with Gasteiger partial charge in [-0.1, -0.05) is 12.1 Å². The van der Waals surface area contributed by atoms with Gasteiger partial charge in [0.15, 0.2) is 0 Å². The second kappa shape index (κ2) is 8.77. The van der Waals surface area contributed by atoms with Gasteiger partial charge >= 0.3 is 12.2 Å². The Morgan fingerprint density at radius 3 is 2.15 bits per heavy atom. The fraction of sp³-hybridized carbons (Fsp3) is 0.375. The molecule has 1 N–H and O–H groups in total. The fourth-order valence-corrected chi connectivity index (χ4v) is 4.58. The second-order valence-electron chi connectivity index (χ2n) is 8.63. The largest absolute Gasteiger partial charge is 0.416 e. The minimum atomic E-state index is -4.42. The lowest BCUT2D eigenvalue weighted by Crippen LogP contribution is -2.45. The molecule has 2 heterocycles. The lowest BCUT2D eigenvalue weighted by molar-refractivity contribution is -0.137. The van der Waals surface area contributed by atoms with E-state index in [1.165, 1.54) is 12.1 Å². The summed E-state index contributed by atoms with van der Waals surface area (Å²) in [6, 6.07) is 12.8. The van der Waals surface area contributed by atoms with E-state index in [4.69, 9.17) is 0 Å². The number of hydrogen-bond donors (Lipinski definition) is 1. The number of nitriles is 1. The predicted molar refractivity (Wildman–Crippen MR) is 115 cm³/mol. The Hall–Kier alpha value is -3.54. The number of hydrogen-bond acceptors (Lipinski definition) is 3. The minimum Gasteiger partial charge on any atom is -0.339 e. The van der Waals surface area contributed by atoms with Crippen LogP contribution >= 0.6 is 0 Å². The number of carbonyl (C=O) groups is 2. The Kier molecular flexibility index (Phi) is 6.02. The topological polar surface area (TPSA) is 76.4 Å². The first kappa shape index (κ1) is 22.6. The summed E-state index contributed by atoms with van der Waals surface area (Å²) in [7, 11) is 0. The average molecular weight is 456 g/mol. The van der Waals surface area contributed by atoms with Crippen molar-refractivity contribution < 1.29 is 22.8 Å². The molecular weight excluding hydrogens is 433 g/mol. The highest BCUT2D eigenvalue weighted by Gasteiger charge is 2.43. The highest BCUT2D eigenvalue weighted by atomic mass is 19.4. The van der Waals surface area contributed by atoms with E-state index in [0.717, 1.165) is 31.4 Å². The van der Waals surface area contributed by atoms with Crippen LogP contribution < -0.4 is 5.32 Å². The van der Waals surface area contributed by atoms with E-state index < -0.39 is 11.7 Å². The second-order valence-corrected chi connectivity index (χ2v) is 8.63. The van der Waals surface area contributed by atoms with Crippen molar-refractivity contribution in [1.82, 2.24) is 9.80 Å². The molecule has 2 saturated heterocycles. The quantitative estimate of drug-likeness (QED) is 0.709. The summed E-state index contributed by atoms with van der Waals surface area (Å²) in [6.07, 6.45) is -2.11. The van der Waals surface area contributed by atoms with Crippen LogP contribution in [0.15, 0.2) is 48.5 Å². The van der Waals surface area contributed by atoms with Crippen molar-refractivity contribution in [3.63, 3.8) is 0 Å². The summed E-state index contributed by atoms with van der Waals surface area (Å²) in [5.74, 6) is -0.156. The first-order valence-corrected chi connectivity index (χ1v) is 10.7. The van der Waals surface area contributed by atoms with Crippen molar-refractivity contribution in [1.29, 1.82) is 5.26 Å². The first-order chi connectivity index (χ1) is 15.7. The van der Waals surface area contributed by atoms with Crippen LogP contribution in [0.1, 0.15) is 40.7 Å². The lowest BCUT2D eigenvalue weighted by Gasteiger charge is -2.39. The minimum absolute atomic E-state index is 0.0803. The molecule has 0 atom stereocenters. The van der Waals surface area contributed by atoms with E-state index >= 15 is 0 Å². The molecule has 2 fully saturated rings. The number of halogens is 3. The normalized spacial score (nSPS) is 17.6. The molecule has 1 spiro atoms. The van der Waals surface area contributed by atoms with Gasteiger partial charge in [0.05, 0.1) is 22.8 Å². The van der Waals surface area contributed by atoms with E-state index in [-0.39, 0.29) is 17.4 Å². The number of piperidine rings is 1. The van der Waals surface area contributed by atoms with Crippen LogP contribution in [-0.4, -0.2) is 47.9 Å². The van der Waals surface area contributed by atoms with Crippen molar-refractivity contribution in [2.75, 3.05) is 31.5 Å². The molecule has 9 heteroatoms. The fourth-order valence-electron chi connectivity index (χ4n) is 4.58. The SMILES string of the molecule is N#Cc1ccccc1C(=O)N1CCC2(CCN(C(=O)Nc3ccc(C(F)(F)F)cc3)C2)CC1. The summed E-state index contributed by atoms with van der Waals surface area (Å²) in [6.45, 7) is 2.19. The number of urea groups is 1. The average Bonchev–Trinajstić information content (AvgIpc) is 3.22. The van der Waals surface area contributed by atoms with Crippen LogP contribution in [0.3, 0.4) is 0 Å². The molecule has 6 nitrogen and oxygen atoms in total. The van der Waals surface area contributed by atoms with E-state index in [2.05, 4.69) is 11.4 Å². The van der Waals surface area contributed by atoms with Crippen molar-refractivity contribution in [2.45, 2.75) is 25.4 Å². The third-order valence-electron chi connectivity index (χ3n) is 6.58. The predicted octanol–water partition coefficient (Wildman–Crippen LogP) is 4.74. The molecule has 2 aliphatic heterocycles. The van der Waals surface area contributed by atoms with Gasteiger partial charge in [-0.3, -0.25) is 4.79 Å². The van der Waals surface area contributed by atoms with Gasteiger partial charge in [-0.05, 0) is 61.1 Å². The Labute approximate surface area is 189 Å². The molecule has 0 bridgehead atoms. The highest BCUT2D eigenvalue weighted by Crippen LogP contribution is 2.41. The van der Waals surface area contributed by atoms with Crippen LogP contribution in [0.2, 0.25) is 0 Å². The molecule has 0 unspecified atom stereocenters. The number of alkyl halides is 3. The highest BCUT2D eigenvalue weighted by molar-refractivity contribution is 5.96. The van der Waals surface area contributed by atoms with E-state index in [1.54, 1.807) is 34.1 Å². The third-order valence-corrected chi connectivity index (χ3v) is 6.58. The molecular formula is C24H23F3N4O2. The Morgan fingerprint density at radius 2 is 1.55 bits per heavy atom. The van der Waals surface area contributed by atoms with Crippen LogP contribution in [0.25, 0.3) is 0 Å². The van der Waals surface area contributed by atoms with Gasteiger partial charge in [0.25, 0.3) is 5.91 Å². The van der Waals surface area contributed by atoms with Crippen molar-refractivity contribution >= 4 is 17.6 Å². The zero-order valence-electron chi connectivity index (χ0n) is 17.9. The summed E-state index contributed by atoms with van der Waals surface area (Å²) in [4.78, 5) is 29.0. The molecule has 0 aromatic heterocycles. The number of rotatable bonds is 2. The molecule has 2 aromatic carbocycles. The number of anilines is 1. The van der Waals surface area contributed by atoms with E-state index in [0.29, 0.717) is 43.0 Å². The first-order valence-electron chi connectivity index (χ1n) is 10.7. The maximum Gasteiger partial charge on any atom is 0.416 e. The van der Waals surface area contributed by atoms with E-state index in [9.17, 15) is 28.0 Å². The van der Waals surface area contributed by atoms with Gasteiger partial charge in [-0.25, -0.2) is 4.79 Å². The number of carbonyl (C=O) groups excluding carboxylic acids is 2. The third kappa shape index (κ3) is 4.80. The Balaban J connectivity index is 1.33. The summed E-state index contributed by atoms with van der Waals surface area (Å²) in [5, 5.41) is 11.9. The van der Waals surface area contributed by atoms with Gasteiger partial charge in [-0.2, -0.15) is 18.4 Å². The van der Waals surface area contributed by atoms with Gasteiger partial charge in [0, 0.05) is 31.9 Å². The molecule has 0 radical (unpaired) electrons. The molecule has 0 aliphatic carbocycles. The maximum absolute atomic E-state index is 12.9. The van der Waals surface area contributed by atoms with Crippen LogP contribution in [0.4, 0.5) is 23.7 Å². The summed E-state index contributed by atoms with van der Waals surface area (Å²) in [5.41, 5.74) is 0.225. The zero-order valence-corrected chi connectivity index (χ0v) is 17.9. The van der Waals surface area contributed by atoms with Crippen LogP contribution in [0, 0.1) is 16.7 Å². The van der Waals surface area contributed by atoms with Crippen LogP contribution in [-0.2, 0) is 6.18 Å². The lowest BCUT2D eigenvalue weighted by atomic mass is 9.77. The molecule has 0 saturated carbocycles. The van der Waals surface area contributed by atoms with Gasteiger partial charge < -0.3 is 15.1 Å². The Morgan fingerprint density at radius 1 is 0.939 bits per heavy atom. The number of nitrogens with zero attached hydrogens (tertiary/aromatic N) is 3. The van der Waals surface area contributed by atoms with Gasteiger partial charge in [0.1, 0.15) is 0 Å².